The summed E-state index contributed by atoms with van der Waals surface area (Å²) in [5, 5.41) is 10.7. The van der Waals surface area contributed by atoms with Gasteiger partial charge in [-0.15, -0.1) is 23.2 Å². The maximum atomic E-state index is 13.9. The lowest BCUT2D eigenvalue weighted by Gasteiger charge is -2.50. The van der Waals surface area contributed by atoms with Crippen molar-refractivity contribution >= 4 is 80.0 Å². The smallest absolute Gasteiger partial charge is 0.254 e. The van der Waals surface area contributed by atoms with Crippen molar-refractivity contribution in [2.45, 2.75) is 35.4 Å². The molecule has 7 nitrogen and oxygen atoms in total. The van der Waals surface area contributed by atoms with E-state index in [2.05, 4.69) is 15.9 Å². The number of rotatable bonds is 3. The molecule has 4 aliphatic rings. The molecule has 6 atom stereocenters. The summed E-state index contributed by atoms with van der Waals surface area (Å²) in [6.45, 7) is 1.72. The summed E-state index contributed by atoms with van der Waals surface area (Å²) in [6.07, 6.45) is 2.07. The summed E-state index contributed by atoms with van der Waals surface area (Å²) in [5.74, 6) is -4.85. The Morgan fingerprint density at radius 1 is 1.00 bits per heavy atom. The number of phenols is 1. The monoisotopic (exact) mass is 650 g/mol. The van der Waals surface area contributed by atoms with E-state index < -0.39 is 45.2 Å². The van der Waals surface area contributed by atoms with Crippen molar-refractivity contribution < 1.29 is 24.3 Å². The van der Waals surface area contributed by atoms with Gasteiger partial charge in [-0.05, 0) is 67.1 Å². The number of amides is 4. The predicted octanol–water partition coefficient (Wildman–Crippen LogP) is 5.27. The number of aryl methyl sites for hydroxylation is 1. The molecule has 6 rings (SSSR count). The lowest BCUT2D eigenvalue weighted by Crippen LogP contribution is -2.60. The van der Waals surface area contributed by atoms with E-state index >= 15 is 0 Å². The van der Waals surface area contributed by atoms with Gasteiger partial charge in [0.1, 0.15) is 5.75 Å². The molecule has 1 saturated carbocycles. The van der Waals surface area contributed by atoms with Gasteiger partial charge >= 0.3 is 0 Å². The number of fused-ring (bicyclic) bond motifs is 4. The normalized spacial score (nSPS) is 33.7. The zero-order valence-corrected chi connectivity index (χ0v) is 24.4. The molecule has 0 radical (unpaired) electrons. The third-order valence-electron chi connectivity index (χ3n) is 8.65. The fourth-order valence-corrected chi connectivity index (χ4v) is 8.38. The molecule has 2 heterocycles. The van der Waals surface area contributed by atoms with Crippen LogP contribution >= 0.6 is 50.7 Å². The number of allylic oxidation sites excluding steroid dienone is 2. The summed E-state index contributed by atoms with van der Waals surface area (Å²) in [6, 6.07) is 11.3. The molecule has 2 aromatic carbocycles. The van der Waals surface area contributed by atoms with Crippen molar-refractivity contribution in [3.63, 3.8) is 0 Å². The first-order valence-corrected chi connectivity index (χ1v) is 14.6. The third kappa shape index (κ3) is 3.47. The molecule has 0 aromatic heterocycles. The molecule has 0 spiro atoms. The Morgan fingerprint density at radius 3 is 2.33 bits per heavy atom. The second kappa shape index (κ2) is 9.06. The molecule has 2 aromatic rings. The third-order valence-corrected chi connectivity index (χ3v) is 10.8. The molecule has 4 amide bonds. The fraction of sp³-hybridized carbons (Fsp3) is 0.357. The maximum Gasteiger partial charge on any atom is 0.254 e. The molecule has 2 saturated heterocycles. The topological polar surface area (TPSA) is 95.0 Å². The van der Waals surface area contributed by atoms with Crippen molar-refractivity contribution in [3.05, 3.63) is 70.3 Å². The van der Waals surface area contributed by atoms with Gasteiger partial charge in [-0.2, -0.15) is 0 Å². The maximum absolute atomic E-state index is 13.9. The minimum absolute atomic E-state index is 0.0654. The molecule has 39 heavy (non-hydrogen) atoms. The molecule has 11 heteroatoms. The van der Waals surface area contributed by atoms with E-state index in [1.54, 1.807) is 43.3 Å². The number of carbonyl (C=O) groups is 4. The number of imide groups is 2. The number of halogens is 4. The Balaban J connectivity index is 1.52. The van der Waals surface area contributed by atoms with Gasteiger partial charge in [-0.25, -0.2) is 0 Å². The predicted molar refractivity (Wildman–Crippen MR) is 150 cm³/mol. The minimum Gasteiger partial charge on any atom is -0.508 e. The molecule has 2 aliphatic carbocycles. The van der Waals surface area contributed by atoms with Gasteiger partial charge in [-0.3, -0.25) is 29.0 Å². The minimum atomic E-state index is -1.88. The Morgan fingerprint density at radius 2 is 1.69 bits per heavy atom. The van der Waals surface area contributed by atoms with Crippen molar-refractivity contribution in [2.24, 2.45) is 17.8 Å². The highest BCUT2D eigenvalue weighted by atomic mass is 79.9. The molecular formula is C28H22BrCl3N2O5. The second-order valence-electron chi connectivity index (χ2n) is 10.5. The quantitative estimate of drug-likeness (QED) is 0.211. The lowest BCUT2D eigenvalue weighted by molar-refractivity contribution is -0.138. The van der Waals surface area contributed by atoms with Crippen LogP contribution in [0.1, 0.15) is 29.9 Å². The van der Waals surface area contributed by atoms with Gasteiger partial charge in [0.25, 0.3) is 11.8 Å². The number of hydrogen-bond acceptors (Lipinski definition) is 5. The Kier molecular flexibility index (Phi) is 6.23. The van der Waals surface area contributed by atoms with Crippen LogP contribution in [-0.2, 0) is 19.2 Å². The molecular weight excluding hydrogens is 631 g/mol. The summed E-state index contributed by atoms with van der Waals surface area (Å²) in [7, 11) is 0. The van der Waals surface area contributed by atoms with Crippen LogP contribution in [0.5, 0.6) is 5.75 Å². The summed E-state index contributed by atoms with van der Waals surface area (Å²) >= 11 is 23.6. The van der Waals surface area contributed by atoms with E-state index in [1.807, 2.05) is 6.08 Å². The summed E-state index contributed by atoms with van der Waals surface area (Å²) in [4.78, 5) is 53.4. The zero-order valence-electron chi connectivity index (χ0n) is 20.5. The van der Waals surface area contributed by atoms with Crippen LogP contribution in [0.15, 0.2) is 54.1 Å². The van der Waals surface area contributed by atoms with Gasteiger partial charge < -0.3 is 5.11 Å². The number of hydrogen-bond donors (Lipinski definition) is 1. The number of anilines is 1. The molecule has 6 unspecified atom stereocenters. The van der Waals surface area contributed by atoms with E-state index in [0.717, 1.165) is 4.90 Å². The Labute approximate surface area is 247 Å². The van der Waals surface area contributed by atoms with Crippen LogP contribution < -0.4 is 4.90 Å². The Bertz CT molecular complexity index is 1500. The molecule has 1 N–H and O–H groups in total. The molecule has 2 aliphatic heterocycles. The van der Waals surface area contributed by atoms with Crippen molar-refractivity contribution in [3.8, 4) is 5.75 Å². The lowest BCUT2D eigenvalue weighted by atomic mass is 9.56. The summed E-state index contributed by atoms with van der Waals surface area (Å²) in [5.41, 5.74) is 2.16. The van der Waals surface area contributed by atoms with Crippen LogP contribution in [0.4, 0.5) is 5.69 Å². The van der Waals surface area contributed by atoms with Crippen molar-refractivity contribution in [2.75, 3.05) is 10.4 Å². The zero-order chi connectivity index (χ0) is 28.0. The second-order valence-corrected chi connectivity index (χ2v) is 12.7. The first-order valence-electron chi connectivity index (χ1n) is 12.4. The van der Waals surface area contributed by atoms with Gasteiger partial charge in [0.2, 0.25) is 11.8 Å². The first kappa shape index (κ1) is 26.8. The highest BCUT2D eigenvalue weighted by Crippen LogP contribution is 2.65. The summed E-state index contributed by atoms with van der Waals surface area (Å²) < 4.78 is 0. The van der Waals surface area contributed by atoms with Gasteiger partial charge in [-0.1, -0.05) is 51.3 Å². The van der Waals surface area contributed by atoms with E-state index in [0.29, 0.717) is 27.4 Å². The molecule has 3 fully saturated rings. The highest BCUT2D eigenvalue weighted by molar-refractivity contribution is 9.09. The first-order chi connectivity index (χ1) is 18.5. The van der Waals surface area contributed by atoms with E-state index in [-0.39, 0.29) is 35.9 Å². The van der Waals surface area contributed by atoms with Crippen LogP contribution in [0.25, 0.3) is 0 Å². The van der Waals surface area contributed by atoms with Crippen LogP contribution in [0.3, 0.4) is 0 Å². The van der Waals surface area contributed by atoms with Crippen LogP contribution in [0.2, 0.25) is 5.02 Å². The van der Waals surface area contributed by atoms with E-state index in [9.17, 15) is 24.3 Å². The van der Waals surface area contributed by atoms with Crippen molar-refractivity contribution in [1.82, 2.24) is 4.90 Å². The number of aromatic hydroxyl groups is 1. The van der Waals surface area contributed by atoms with Crippen molar-refractivity contribution in [1.29, 1.82) is 0 Å². The van der Waals surface area contributed by atoms with Gasteiger partial charge in [0.05, 0.1) is 23.0 Å². The van der Waals surface area contributed by atoms with E-state index in [4.69, 9.17) is 34.8 Å². The average molecular weight is 653 g/mol. The number of phenolic OH excluding ortho intramolecular Hbond substituents is 1. The molecule has 202 valence electrons. The number of nitrogens with zero attached hydrogens (tertiary/aromatic N) is 2. The van der Waals surface area contributed by atoms with Crippen LogP contribution in [0, 0.1) is 24.7 Å². The highest BCUT2D eigenvalue weighted by Gasteiger charge is 2.76. The fourth-order valence-electron chi connectivity index (χ4n) is 6.83. The number of alkyl halides is 3. The largest absolute Gasteiger partial charge is 0.508 e. The SMILES string of the molecule is Cc1cc(C2C3=CCC4C(=O)N(c5ccc(Cl)cc5)C(=O)C4C3CC3(Cl)C(=O)N(CBr)C(=O)C23Cl)ccc1O. The molecule has 0 bridgehead atoms. The van der Waals surface area contributed by atoms with Crippen LogP contribution in [-0.4, -0.2) is 48.8 Å². The van der Waals surface area contributed by atoms with Gasteiger partial charge in [0.15, 0.2) is 9.75 Å². The standard InChI is InChI=1S/C28H22BrCl3N2O5/c1-13-10-14(2-9-20(13)35)22-17-7-8-18-21(24(37)34(23(18)36)16-5-3-15(30)4-6-16)19(17)11-27(31)25(38)33(12-29)26(39)28(22,27)32/h2-7,9-10,18-19,21-22,35H,8,11-12H2,1H3. The number of carbonyl (C=O) groups excluding carboxylic acids is 4. The van der Waals surface area contributed by atoms with E-state index in [1.165, 1.54) is 11.0 Å². The number of benzene rings is 2. The van der Waals surface area contributed by atoms with Gasteiger partial charge in [0, 0.05) is 10.9 Å². The Hall–Kier alpha value is -2.39. The average Bonchev–Trinajstić information content (AvgIpc) is 3.24. The number of likely N-dealkylation sites (tertiary alicyclic amines) is 1.